The second-order valence-electron chi connectivity index (χ2n) is 5.36. The second kappa shape index (κ2) is 4.71. The van der Waals surface area contributed by atoms with Gasteiger partial charge in [-0.1, -0.05) is 6.92 Å². The van der Waals surface area contributed by atoms with Crippen molar-refractivity contribution in [2.75, 3.05) is 13.1 Å². The van der Waals surface area contributed by atoms with Gasteiger partial charge in [0.25, 0.3) is 5.91 Å². The molecule has 4 nitrogen and oxygen atoms in total. The maximum atomic E-state index is 12.5. The zero-order chi connectivity index (χ0) is 13.6. The molecule has 0 aliphatic carbocycles. The van der Waals surface area contributed by atoms with Crippen LogP contribution in [0.3, 0.4) is 0 Å². The standard InChI is InChI=1S/C14H17BrN2O2/c1-9-3-5-17(6-4-9)14(18)11-7-12-10(16(11)2)8-13(15)19-12/h7-9H,3-6H2,1-2H3. The monoisotopic (exact) mass is 324 g/mol. The van der Waals surface area contributed by atoms with Gasteiger partial charge in [-0.2, -0.15) is 0 Å². The molecule has 2 aromatic rings. The van der Waals surface area contributed by atoms with Crippen molar-refractivity contribution in [2.45, 2.75) is 19.8 Å². The first-order valence-electron chi connectivity index (χ1n) is 6.60. The highest BCUT2D eigenvalue weighted by molar-refractivity contribution is 9.10. The molecular weight excluding hydrogens is 308 g/mol. The van der Waals surface area contributed by atoms with E-state index in [2.05, 4.69) is 22.9 Å². The summed E-state index contributed by atoms with van der Waals surface area (Å²) in [5.41, 5.74) is 2.40. The number of carbonyl (C=O) groups is 1. The largest absolute Gasteiger partial charge is 0.448 e. The van der Waals surface area contributed by atoms with Crippen LogP contribution in [0.2, 0.25) is 0 Å². The molecule has 102 valence electrons. The van der Waals surface area contributed by atoms with Crippen molar-refractivity contribution in [1.82, 2.24) is 9.47 Å². The van der Waals surface area contributed by atoms with Crippen molar-refractivity contribution in [3.05, 3.63) is 22.5 Å². The molecule has 0 spiro atoms. The van der Waals surface area contributed by atoms with E-state index in [4.69, 9.17) is 4.42 Å². The van der Waals surface area contributed by atoms with Gasteiger partial charge in [-0.3, -0.25) is 4.79 Å². The molecule has 1 fully saturated rings. The second-order valence-corrected chi connectivity index (χ2v) is 6.14. The zero-order valence-corrected chi connectivity index (χ0v) is 12.7. The van der Waals surface area contributed by atoms with E-state index in [1.54, 1.807) is 0 Å². The van der Waals surface area contributed by atoms with E-state index in [1.807, 2.05) is 28.6 Å². The molecule has 0 bridgehead atoms. The molecular formula is C14H17BrN2O2. The first-order valence-corrected chi connectivity index (χ1v) is 7.39. The summed E-state index contributed by atoms with van der Waals surface area (Å²) in [4.78, 5) is 14.5. The summed E-state index contributed by atoms with van der Waals surface area (Å²) >= 11 is 3.31. The van der Waals surface area contributed by atoms with Crippen LogP contribution in [0.1, 0.15) is 30.3 Å². The third kappa shape index (κ3) is 2.20. The van der Waals surface area contributed by atoms with Crippen LogP contribution in [-0.2, 0) is 7.05 Å². The number of furan rings is 1. The number of aromatic nitrogens is 1. The van der Waals surface area contributed by atoms with Gasteiger partial charge in [0.05, 0.1) is 5.52 Å². The number of rotatable bonds is 1. The van der Waals surface area contributed by atoms with Crippen LogP contribution in [0.25, 0.3) is 11.1 Å². The number of hydrogen-bond acceptors (Lipinski definition) is 2. The number of hydrogen-bond donors (Lipinski definition) is 0. The van der Waals surface area contributed by atoms with Crippen LogP contribution in [0.15, 0.2) is 21.2 Å². The van der Waals surface area contributed by atoms with Gasteiger partial charge in [0.1, 0.15) is 5.69 Å². The minimum Gasteiger partial charge on any atom is -0.448 e. The van der Waals surface area contributed by atoms with Gasteiger partial charge in [0.15, 0.2) is 10.3 Å². The van der Waals surface area contributed by atoms with Gasteiger partial charge in [-0.05, 0) is 34.7 Å². The molecule has 0 N–H and O–H groups in total. The Bertz CT molecular complexity index is 621. The molecule has 1 aliphatic heterocycles. The molecule has 0 aromatic carbocycles. The topological polar surface area (TPSA) is 38.4 Å². The molecule has 19 heavy (non-hydrogen) atoms. The normalized spacial score (nSPS) is 17.3. The van der Waals surface area contributed by atoms with Gasteiger partial charge >= 0.3 is 0 Å². The van der Waals surface area contributed by atoms with E-state index in [9.17, 15) is 4.79 Å². The lowest BCUT2D eigenvalue weighted by molar-refractivity contribution is 0.0688. The van der Waals surface area contributed by atoms with Crippen LogP contribution >= 0.6 is 15.9 Å². The quantitative estimate of drug-likeness (QED) is 0.806. The lowest BCUT2D eigenvalue weighted by Crippen LogP contribution is -2.38. The molecule has 0 atom stereocenters. The van der Waals surface area contributed by atoms with E-state index in [1.165, 1.54) is 0 Å². The highest BCUT2D eigenvalue weighted by atomic mass is 79.9. The molecule has 1 aliphatic rings. The van der Waals surface area contributed by atoms with E-state index in [0.717, 1.165) is 42.9 Å². The van der Waals surface area contributed by atoms with Gasteiger partial charge in [-0.25, -0.2) is 0 Å². The minimum atomic E-state index is 0.108. The first-order chi connectivity index (χ1) is 9.06. The number of fused-ring (bicyclic) bond motifs is 1. The molecule has 1 amide bonds. The third-order valence-electron chi connectivity index (χ3n) is 3.99. The van der Waals surface area contributed by atoms with Gasteiger partial charge < -0.3 is 13.9 Å². The van der Waals surface area contributed by atoms with Gasteiger partial charge in [0, 0.05) is 32.3 Å². The molecule has 3 rings (SSSR count). The summed E-state index contributed by atoms with van der Waals surface area (Å²) in [5.74, 6) is 0.835. The highest BCUT2D eigenvalue weighted by Gasteiger charge is 2.24. The molecule has 1 saturated heterocycles. The van der Waals surface area contributed by atoms with Crippen molar-refractivity contribution in [2.24, 2.45) is 13.0 Å². The Morgan fingerprint density at radius 1 is 1.37 bits per heavy atom. The fourth-order valence-electron chi connectivity index (χ4n) is 2.66. The summed E-state index contributed by atoms with van der Waals surface area (Å²) in [7, 11) is 1.91. The molecule has 3 heterocycles. The number of aryl methyl sites for hydroxylation is 1. The zero-order valence-electron chi connectivity index (χ0n) is 11.1. The van der Waals surface area contributed by atoms with Crippen molar-refractivity contribution >= 4 is 32.9 Å². The Hall–Kier alpha value is -1.23. The number of likely N-dealkylation sites (tertiary alicyclic amines) is 1. The highest BCUT2D eigenvalue weighted by Crippen LogP contribution is 2.27. The van der Waals surface area contributed by atoms with E-state index < -0.39 is 0 Å². The van der Waals surface area contributed by atoms with Crippen molar-refractivity contribution in [1.29, 1.82) is 0 Å². The summed E-state index contributed by atoms with van der Waals surface area (Å²) in [6.45, 7) is 3.96. The van der Waals surface area contributed by atoms with E-state index >= 15 is 0 Å². The van der Waals surface area contributed by atoms with Crippen molar-refractivity contribution in [3.63, 3.8) is 0 Å². The molecule has 5 heteroatoms. The first kappa shape index (κ1) is 12.8. The Morgan fingerprint density at radius 3 is 2.68 bits per heavy atom. The Kier molecular flexibility index (Phi) is 3.17. The summed E-state index contributed by atoms with van der Waals surface area (Å²) in [5, 5.41) is 0. The average Bonchev–Trinajstić information content (AvgIpc) is 2.88. The third-order valence-corrected chi connectivity index (χ3v) is 4.38. The van der Waals surface area contributed by atoms with Crippen LogP contribution in [0.4, 0.5) is 0 Å². The average molecular weight is 325 g/mol. The Balaban J connectivity index is 1.89. The number of nitrogens with zero attached hydrogens (tertiary/aromatic N) is 2. The summed E-state index contributed by atoms with van der Waals surface area (Å²) in [6.07, 6.45) is 2.19. The smallest absolute Gasteiger partial charge is 0.270 e. The van der Waals surface area contributed by atoms with Crippen LogP contribution in [0.5, 0.6) is 0 Å². The minimum absolute atomic E-state index is 0.108. The number of halogens is 1. The summed E-state index contributed by atoms with van der Waals surface area (Å²) < 4.78 is 8.11. The number of piperidine rings is 1. The van der Waals surface area contributed by atoms with E-state index in [-0.39, 0.29) is 5.91 Å². The van der Waals surface area contributed by atoms with Gasteiger partial charge in [0.2, 0.25) is 0 Å². The predicted molar refractivity (Wildman–Crippen MR) is 77.2 cm³/mol. The maximum absolute atomic E-state index is 12.5. The number of carbonyl (C=O) groups excluding carboxylic acids is 1. The Labute approximate surface area is 120 Å². The fraction of sp³-hybridized carbons (Fsp3) is 0.500. The maximum Gasteiger partial charge on any atom is 0.270 e. The van der Waals surface area contributed by atoms with Crippen LogP contribution in [-0.4, -0.2) is 28.5 Å². The molecule has 0 radical (unpaired) electrons. The predicted octanol–water partition coefficient (Wildman–Crippen LogP) is 3.41. The van der Waals surface area contributed by atoms with E-state index in [0.29, 0.717) is 10.4 Å². The molecule has 0 unspecified atom stereocenters. The number of amides is 1. The Morgan fingerprint density at radius 2 is 2.05 bits per heavy atom. The van der Waals surface area contributed by atoms with Crippen LogP contribution < -0.4 is 0 Å². The van der Waals surface area contributed by atoms with Crippen molar-refractivity contribution in [3.8, 4) is 0 Å². The lowest BCUT2D eigenvalue weighted by Gasteiger charge is -2.30. The van der Waals surface area contributed by atoms with Crippen molar-refractivity contribution < 1.29 is 9.21 Å². The summed E-state index contributed by atoms with van der Waals surface area (Å²) in [6, 6.07) is 3.73. The molecule has 0 saturated carbocycles. The fourth-order valence-corrected chi connectivity index (χ4v) is 3.05. The van der Waals surface area contributed by atoms with Gasteiger partial charge in [-0.15, -0.1) is 0 Å². The molecule has 2 aromatic heterocycles. The SMILES string of the molecule is CC1CCN(C(=O)c2cc3oc(Br)cc3n2C)CC1. The van der Waals surface area contributed by atoms with Crippen LogP contribution in [0, 0.1) is 5.92 Å². The lowest BCUT2D eigenvalue weighted by atomic mass is 9.99.